The maximum atomic E-state index is 10.6. The summed E-state index contributed by atoms with van der Waals surface area (Å²) in [4.78, 5) is 10.6. The van der Waals surface area contributed by atoms with Gasteiger partial charge < -0.3 is 4.74 Å². The standard InChI is InChI=1S/C7H12Cl2O2/c1-7(8,9)5-3-4-6(10)11-2/h3-5H2,1-2H3. The van der Waals surface area contributed by atoms with Gasteiger partial charge in [-0.2, -0.15) is 0 Å². The first-order valence-corrected chi connectivity index (χ1v) is 4.16. The average Bonchev–Trinajstić information content (AvgIpc) is 1.85. The number of carbonyl (C=O) groups excluding carboxylic acids is 1. The summed E-state index contributed by atoms with van der Waals surface area (Å²) in [5.41, 5.74) is 0. The van der Waals surface area contributed by atoms with E-state index >= 15 is 0 Å². The molecule has 0 rings (SSSR count). The quantitative estimate of drug-likeness (QED) is 0.513. The molecule has 0 aromatic carbocycles. The molecule has 0 heterocycles. The highest BCUT2D eigenvalue weighted by Gasteiger charge is 2.16. The highest BCUT2D eigenvalue weighted by molar-refractivity contribution is 6.48. The maximum Gasteiger partial charge on any atom is 0.305 e. The van der Waals surface area contributed by atoms with Crippen LogP contribution < -0.4 is 0 Å². The van der Waals surface area contributed by atoms with E-state index in [-0.39, 0.29) is 5.97 Å². The molecule has 0 aliphatic carbocycles. The van der Waals surface area contributed by atoms with Crippen molar-refractivity contribution in [3.8, 4) is 0 Å². The van der Waals surface area contributed by atoms with Crippen molar-refractivity contribution in [3.05, 3.63) is 0 Å². The second kappa shape index (κ2) is 4.83. The van der Waals surface area contributed by atoms with Gasteiger partial charge in [0.2, 0.25) is 0 Å². The number of hydrogen-bond acceptors (Lipinski definition) is 2. The fraction of sp³-hybridized carbons (Fsp3) is 0.857. The van der Waals surface area contributed by atoms with Gasteiger partial charge in [0.25, 0.3) is 0 Å². The van der Waals surface area contributed by atoms with Gasteiger partial charge in [0, 0.05) is 6.42 Å². The lowest BCUT2D eigenvalue weighted by molar-refractivity contribution is -0.140. The Kier molecular flexibility index (Phi) is 4.86. The lowest BCUT2D eigenvalue weighted by Crippen LogP contribution is -2.07. The van der Waals surface area contributed by atoms with E-state index in [1.165, 1.54) is 7.11 Å². The molecule has 0 radical (unpaired) electrons. The van der Waals surface area contributed by atoms with Crippen molar-refractivity contribution in [2.75, 3.05) is 7.11 Å². The number of halogens is 2. The topological polar surface area (TPSA) is 26.3 Å². The van der Waals surface area contributed by atoms with E-state index < -0.39 is 4.33 Å². The van der Waals surface area contributed by atoms with Crippen molar-refractivity contribution >= 4 is 29.2 Å². The fourth-order valence-electron chi connectivity index (χ4n) is 0.645. The Morgan fingerprint density at radius 2 is 2.09 bits per heavy atom. The molecule has 2 nitrogen and oxygen atoms in total. The summed E-state index contributed by atoms with van der Waals surface area (Å²) < 4.78 is 3.71. The van der Waals surface area contributed by atoms with Gasteiger partial charge >= 0.3 is 5.97 Å². The number of hydrogen-bond donors (Lipinski definition) is 0. The van der Waals surface area contributed by atoms with Crippen LogP contribution in [-0.2, 0) is 9.53 Å². The number of ether oxygens (including phenoxy) is 1. The molecule has 0 saturated heterocycles. The van der Waals surface area contributed by atoms with Gasteiger partial charge in [0.05, 0.1) is 7.11 Å². The van der Waals surface area contributed by atoms with Crippen LogP contribution in [-0.4, -0.2) is 17.4 Å². The van der Waals surface area contributed by atoms with E-state index in [0.717, 1.165) is 0 Å². The lowest BCUT2D eigenvalue weighted by Gasteiger charge is -2.11. The first-order valence-electron chi connectivity index (χ1n) is 3.40. The van der Waals surface area contributed by atoms with Crippen LogP contribution in [0.3, 0.4) is 0 Å². The number of esters is 1. The molecule has 0 spiro atoms. The first-order chi connectivity index (χ1) is 4.95. The summed E-state index contributed by atoms with van der Waals surface area (Å²) in [5.74, 6) is -0.220. The van der Waals surface area contributed by atoms with Gasteiger partial charge in [-0.15, -0.1) is 23.2 Å². The summed E-state index contributed by atoms with van der Waals surface area (Å²) in [5, 5.41) is 0. The van der Waals surface area contributed by atoms with E-state index in [0.29, 0.717) is 19.3 Å². The fourth-order valence-corrected chi connectivity index (χ4v) is 0.912. The molecule has 0 N–H and O–H groups in total. The zero-order chi connectivity index (χ0) is 8.91. The Hall–Kier alpha value is 0.0500. The number of rotatable bonds is 4. The molecule has 4 heteroatoms. The molecule has 0 bridgehead atoms. The monoisotopic (exact) mass is 198 g/mol. The maximum absolute atomic E-state index is 10.6. The molecule has 11 heavy (non-hydrogen) atoms. The van der Waals surface area contributed by atoms with Crippen LogP contribution in [0.4, 0.5) is 0 Å². The highest BCUT2D eigenvalue weighted by Crippen LogP contribution is 2.26. The molecule has 66 valence electrons. The normalized spacial score (nSPS) is 11.3. The van der Waals surface area contributed by atoms with Crippen molar-refractivity contribution < 1.29 is 9.53 Å². The van der Waals surface area contributed by atoms with Gasteiger partial charge in [-0.05, 0) is 19.8 Å². The van der Waals surface area contributed by atoms with Crippen molar-refractivity contribution in [1.29, 1.82) is 0 Å². The highest BCUT2D eigenvalue weighted by atomic mass is 35.5. The summed E-state index contributed by atoms with van der Waals surface area (Å²) in [6.07, 6.45) is 1.65. The molecule has 0 aromatic rings. The molecular formula is C7H12Cl2O2. The van der Waals surface area contributed by atoms with E-state index in [1.54, 1.807) is 6.92 Å². The second-order valence-electron chi connectivity index (χ2n) is 2.50. The van der Waals surface area contributed by atoms with E-state index in [1.807, 2.05) is 0 Å². The van der Waals surface area contributed by atoms with E-state index in [9.17, 15) is 4.79 Å². The van der Waals surface area contributed by atoms with Crippen LogP contribution in [0.5, 0.6) is 0 Å². The lowest BCUT2D eigenvalue weighted by atomic mass is 10.2. The van der Waals surface area contributed by atoms with Gasteiger partial charge in [-0.3, -0.25) is 4.79 Å². The van der Waals surface area contributed by atoms with Crippen LogP contribution in [0, 0.1) is 0 Å². The summed E-state index contributed by atoms with van der Waals surface area (Å²) in [6, 6.07) is 0. The first kappa shape index (κ1) is 11.1. The van der Waals surface area contributed by atoms with Gasteiger partial charge in [-0.25, -0.2) is 0 Å². The van der Waals surface area contributed by atoms with Crippen molar-refractivity contribution in [2.45, 2.75) is 30.5 Å². The third-order valence-electron chi connectivity index (χ3n) is 1.22. The average molecular weight is 199 g/mol. The zero-order valence-electron chi connectivity index (χ0n) is 6.69. The third kappa shape index (κ3) is 7.95. The Morgan fingerprint density at radius 1 is 1.55 bits per heavy atom. The van der Waals surface area contributed by atoms with Gasteiger partial charge in [0.1, 0.15) is 4.33 Å². The smallest absolute Gasteiger partial charge is 0.305 e. The Bertz CT molecular complexity index is 129. The molecule has 0 saturated carbocycles. The van der Waals surface area contributed by atoms with Crippen molar-refractivity contribution in [2.24, 2.45) is 0 Å². The second-order valence-corrected chi connectivity index (χ2v) is 4.36. The van der Waals surface area contributed by atoms with Crippen LogP contribution >= 0.6 is 23.2 Å². The van der Waals surface area contributed by atoms with Gasteiger partial charge in [-0.1, -0.05) is 0 Å². The number of carbonyl (C=O) groups is 1. The van der Waals surface area contributed by atoms with Crippen molar-refractivity contribution in [1.82, 2.24) is 0 Å². The molecule has 0 unspecified atom stereocenters. The van der Waals surface area contributed by atoms with Gasteiger partial charge in [0.15, 0.2) is 0 Å². The molecular weight excluding hydrogens is 187 g/mol. The minimum Gasteiger partial charge on any atom is -0.469 e. The van der Waals surface area contributed by atoms with E-state index in [4.69, 9.17) is 23.2 Å². The Balaban J connectivity index is 3.35. The predicted molar refractivity (Wildman–Crippen MR) is 46.0 cm³/mol. The predicted octanol–water partition coefficient (Wildman–Crippen LogP) is 2.52. The number of methoxy groups -OCH3 is 1. The minimum absolute atomic E-state index is 0.220. The van der Waals surface area contributed by atoms with Crippen LogP contribution in [0.2, 0.25) is 0 Å². The Morgan fingerprint density at radius 3 is 2.45 bits per heavy atom. The summed E-state index contributed by atoms with van der Waals surface area (Å²) in [6.45, 7) is 1.70. The third-order valence-corrected chi connectivity index (χ3v) is 1.60. The zero-order valence-corrected chi connectivity index (χ0v) is 8.21. The molecule has 0 amide bonds. The van der Waals surface area contributed by atoms with Crippen LogP contribution in [0.15, 0.2) is 0 Å². The van der Waals surface area contributed by atoms with Crippen molar-refractivity contribution in [3.63, 3.8) is 0 Å². The van der Waals surface area contributed by atoms with E-state index in [2.05, 4.69) is 4.74 Å². The molecule has 0 aromatic heterocycles. The molecule has 0 aliphatic heterocycles. The summed E-state index contributed by atoms with van der Waals surface area (Å²) >= 11 is 11.3. The molecule has 0 fully saturated rings. The minimum atomic E-state index is -0.728. The van der Waals surface area contributed by atoms with Crippen LogP contribution in [0.1, 0.15) is 26.2 Å². The molecule has 0 atom stereocenters. The number of alkyl halides is 2. The molecule has 0 aliphatic rings. The summed E-state index contributed by atoms with van der Waals surface area (Å²) in [7, 11) is 1.36. The van der Waals surface area contributed by atoms with Crippen LogP contribution in [0.25, 0.3) is 0 Å². The SMILES string of the molecule is COC(=O)CCCC(C)(Cl)Cl. The largest absolute Gasteiger partial charge is 0.469 e. The Labute approximate surface area is 76.8 Å².